The van der Waals surface area contributed by atoms with Crippen molar-refractivity contribution in [3.63, 3.8) is 0 Å². The van der Waals surface area contributed by atoms with Crippen LogP contribution < -0.4 is 0 Å². The van der Waals surface area contributed by atoms with Crippen LogP contribution in [-0.2, 0) is 0 Å². The summed E-state index contributed by atoms with van der Waals surface area (Å²) in [5.41, 5.74) is 0. The molecule has 0 aliphatic heterocycles. The highest BCUT2D eigenvalue weighted by atomic mass is 32.2. The zero-order valence-electron chi connectivity index (χ0n) is 4.77. The predicted octanol–water partition coefficient (Wildman–Crippen LogP) is 1.42. The molecule has 0 fully saturated rings. The molecule has 0 amide bonds. The molecular weight excluding hydrogens is 127 g/mol. The minimum absolute atomic E-state index is 0.159. The summed E-state index contributed by atoms with van der Waals surface area (Å²) < 4.78 is 11.3. The Kier molecular flexibility index (Phi) is 7.46. The van der Waals surface area contributed by atoms with E-state index in [0.29, 0.717) is 6.42 Å². The van der Waals surface area contributed by atoms with E-state index in [0.717, 1.165) is 12.2 Å². The Labute approximate surface area is 53.3 Å². The van der Waals surface area contributed by atoms with Crippen LogP contribution in [0.5, 0.6) is 0 Å². The van der Waals surface area contributed by atoms with Gasteiger partial charge in [-0.25, -0.2) is 0 Å². The zero-order chi connectivity index (χ0) is 6.24. The van der Waals surface area contributed by atoms with Gasteiger partial charge < -0.3 is 5.11 Å². The lowest BCUT2D eigenvalue weighted by molar-refractivity contribution is 0.375. The number of thioether (sulfide) groups is 1. The van der Waals surface area contributed by atoms with Gasteiger partial charge in [0.15, 0.2) is 0 Å². The van der Waals surface area contributed by atoms with Crippen LogP contribution in [0.15, 0.2) is 0 Å². The first-order valence-electron chi connectivity index (χ1n) is 2.66. The highest BCUT2D eigenvalue weighted by Gasteiger charge is 1.85. The Balaban J connectivity index is 2.53. The molecular formula is C5H11FOS. The monoisotopic (exact) mass is 138 g/mol. The van der Waals surface area contributed by atoms with E-state index in [1.807, 2.05) is 0 Å². The van der Waals surface area contributed by atoms with E-state index in [2.05, 4.69) is 0 Å². The fourth-order valence-electron chi connectivity index (χ4n) is 0.363. The topological polar surface area (TPSA) is 20.2 Å². The number of aliphatic hydroxyl groups excluding tert-OH is 1. The molecule has 1 nitrogen and oxygen atoms in total. The third kappa shape index (κ3) is 6.24. The van der Waals surface area contributed by atoms with Crippen molar-refractivity contribution in [3.05, 3.63) is 0 Å². The maximum Gasteiger partial charge on any atom is 0.0894 e. The summed E-state index contributed by atoms with van der Waals surface area (Å²) in [7, 11) is 0. The largest absolute Gasteiger partial charge is 0.386 e. The molecule has 8 heavy (non-hydrogen) atoms. The molecule has 0 aliphatic carbocycles. The molecule has 0 unspecified atom stereocenters. The van der Waals surface area contributed by atoms with Crippen LogP contribution in [0.25, 0.3) is 0 Å². The quantitative estimate of drug-likeness (QED) is 0.458. The number of rotatable bonds is 5. The van der Waals surface area contributed by atoms with Gasteiger partial charge in [-0.1, -0.05) is 0 Å². The van der Waals surface area contributed by atoms with Crippen molar-refractivity contribution < 1.29 is 9.50 Å². The number of hydrogen-bond acceptors (Lipinski definition) is 2. The van der Waals surface area contributed by atoms with E-state index in [9.17, 15) is 4.39 Å². The fraction of sp³-hybridized carbons (Fsp3) is 1.00. The van der Waals surface area contributed by atoms with Gasteiger partial charge in [-0.3, -0.25) is 4.39 Å². The van der Waals surface area contributed by atoms with Crippen molar-refractivity contribution in [1.29, 1.82) is 0 Å². The molecule has 0 atom stereocenters. The Bertz CT molecular complexity index is 37.4. The molecule has 3 heteroatoms. The van der Waals surface area contributed by atoms with Crippen molar-refractivity contribution in [3.8, 4) is 0 Å². The molecule has 0 aromatic rings. The van der Waals surface area contributed by atoms with Gasteiger partial charge in [0, 0.05) is 0 Å². The highest BCUT2D eigenvalue weighted by Crippen LogP contribution is 2.01. The molecule has 0 aliphatic rings. The summed E-state index contributed by atoms with van der Waals surface area (Å²) in [6.07, 6.45) is 1.51. The molecule has 1 N–H and O–H groups in total. The first-order valence-corrected chi connectivity index (χ1v) is 3.82. The fourth-order valence-corrected chi connectivity index (χ4v) is 0.901. The highest BCUT2D eigenvalue weighted by molar-refractivity contribution is 7.99. The molecule has 0 rings (SSSR count). The molecule has 0 aromatic carbocycles. The lowest BCUT2D eigenvalue weighted by Gasteiger charge is -1.92. The van der Waals surface area contributed by atoms with Crippen LogP contribution in [-0.4, -0.2) is 23.5 Å². The molecule has 0 saturated carbocycles. The summed E-state index contributed by atoms with van der Waals surface area (Å²) >= 11 is 1.44. The van der Waals surface area contributed by atoms with Crippen molar-refractivity contribution in [2.45, 2.75) is 12.8 Å². The molecule has 0 spiro atoms. The molecule has 50 valence electrons. The standard InChI is InChI=1S/C5H11FOS/c6-3-1-2-4-8-5-7/h7H,1-5H2. The lowest BCUT2D eigenvalue weighted by atomic mass is 10.4. The van der Waals surface area contributed by atoms with E-state index in [1.165, 1.54) is 11.8 Å². The number of halogens is 1. The van der Waals surface area contributed by atoms with Gasteiger partial charge in [0.2, 0.25) is 0 Å². The Hall–Kier alpha value is 0.240. The number of aliphatic hydroxyl groups is 1. The van der Waals surface area contributed by atoms with Crippen molar-refractivity contribution in [2.75, 3.05) is 18.4 Å². The van der Waals surface area contributed by atoms with Crippen LogP contribution in [0, 0.1) is 0 Å². The summed E-state index contributed by atoms with van der Waals surface area (Å²) in [6.45, 7) is -0.230. The SMILES string of the molecule is OCSCCCCF. The number of alkyl halides is 1. The minimum atomic E-state index is -0.230. The summed E-state index contributed by atoms with van der Waals surface area (Å²) in [4.78, 5) is 0. The Morgan fingerprint density at radius 2 is 2.12 bits per heavy atom. The average molecular weight is 138 g/mol. The van der Waals surface area contributed by atoms with Gasteiger partial charge in [-0.05, 0) is 18.6 Å². The molecule has 0 aromatic heterocycles. The van der Waals surface area contributed by atoms with Crippen LogP contribution in [0.2, 0.25) is 0 Å². The van der Waals surface area contributed by atoms with Crippen LogP contribution >= 0.6 is 11.8 Å². The van der Waals surface area contributed by atoms with Gasteiger partial charge in [0.1, 0.15) is 0 Å². The van der Waals surface area contributed by atoms with E-state index >= 15 is 0 Å². The third-order valence-electron chi connectivity index (χ3n) is 0.764. The van der Waals surface area contributed by atoms with Gasteiger partial charge in [-0.15, -0.1) is 11.8 Å². The molecule has 0 bridgehead atoms. The lowest BCUT2D eigenvalue weighted by Crippen LogP contribution is -1.82. The van der Waals surface area contributed by atoms with Crippen molar-refractivity contribution >= 4 is 11.8 Å². The minimum Gasteiger partial charge on any atom is -0.386 e. The molecule has 0 radical (unpaired) electrons. The Morgan fingerprint density at radius 3 is 2.62 bits per heavy atom. The predicted molar refractivity (Wildman–Crippen MR) is 34.8 cm³/mol. The molecule has 0 heterocycles. The Morgan fingerprint density at radius 1 is 1.38 bits per heavy atom. The molecule has 0 saturated heterocycles. The van der Waals surface area contributed by atoms with Crippen molar-refractivity contribution in [2.24, 2.45) is 0 Å². The second-order valence-corrected chi connectivity index (χ2v) is 2.51. The van der Waals surface area contributed by atoms with E-state index in [-0.39, 0.29) is 12.6 Å². The zero-order valence-corrected chi connectivity index (χ0v) is 5.59. The summed E-state index contributed by atoms with van der Waals surface area (Å²) in [5.74, 6) is 1.03. The maximum atomic E-state index is 11.3. The van der Waals surface area contributed by atoms with Crippen LogP contribution in [0.3, 0.4) is 0 Å². The average Bonchev–Trinajstić information content (AvgIpc) is 1.81. The first-order chi connectivity index (χ1) is 3.91. The van der Waals surface area contributed by atoms with Gasteiger partial charge >= 0.3 is 0 Å². The number of hydrogen-bond donors (Lipinski definition) is 1. The van der Waals surface area contributed by atoms with Gasteiger partial charge in [0.05, 0.1) is 12.6 Å². The second kappa shape index (κ2) is 7.24. The van der Waals surface area contributed by atoms with Crippen LogP contribution in [0.4, 0.5) is 4.39 Å². The second-order valence-electron chi connectivity index (χ2n) is 1.43. The maximum absolute atomic E-state index is 11.3. The van der Waals surface area contributed by atoms with Gasteiger partial charge in [-0.2, -0.15) is 0 Å². The van der Waals surface area contributed by atoms with Crippen molar-refractivity contribution in [1.82, 2.24) is 0 Å². The number of unbranched alkanes of at least 4 members (excludes halogenated alkanes) is 1. The van der Waals surface area contributed by atoms with Crippen LogP contribution in [0.1, 0.15) is 12.8 Å². The summed E-state index contributed by atoms with van der Waals surface area (Å²) in [6, 6.07) is 0. The first kappa shape index (κ1) is 8.24. The van der Waals surface area contributed by atoms with E-state index in [1.54, 1.807) is 0 Å². The third-order valence-corrected chi connectivity index (χ3v) is 1.52. The van der Waals surface area contributed by atoms with Gasteiger partial charge in [0.25, 0.3) is 0 Å². The smallest absolute Gasteiger partial charge is 0.0894 e. The van der Waals surface area contributed by atoms with E-state index in [4.69, 9.17) is 5.11 Å². The summed E-state index contributed by atoms with van der Waals surface area (Å²) in [5, 5.41) is 8.23. The van der Waals surface area contributed by atoms with E-state index < -0.39 is 0 Å². The normalized spacial score (nSPS) is 9.75.